The van der Waals surface area contributed by atoms with E-state index in [4.69, 9.17) is 4.74 Å². The summed E-state index contributed by atoms with van der Waals surface area (Å²) in [6.07, 6.45) is 0.785. The van der Waals surface area contributed by atoms with E-state index in [0.717, 1.165) is 12.0 Å². The molecule has 6 nitrogen and oxygen atoms in total. The standard InChI is InChI=1S/C21H24N2O4/c1-4-15(3)22-19(24)13-27-21(26)17-10-5-6-11-18(17)23-20(25)16-9-7-8-14(2)12-16/h5-12,15H,4,13H2,1-3H3,(H,22,24)(H,23,25)/t15-/m1/s1. The summed E-state index contributed by atoms with van der Waals surface area (Å²) in [5.74, 6) is -1.36. The minimum atomic E-state index is -0.672. The van der Waals surface area contributed by atoms with Crippen molar-refractivity contribution in [2.24, 2.45) is 0 Å². The fourth-order valence-corrected chi connectivity index (χ4v) is 2.38. The lowest BCUT2D eigenvalue weighted by Crippen LogP contribution is -2.35. The molecule has 2 amide bonds. The normalized spacial score (nSPS) is 11.4. The summed E-state index contributed by atoms with van der Waals surface area (Å²) < 4.78 is 5.08. The summed E-state index contributed by atoms with van der Waals surface area (Å²) >= 11 is 0. The maximum Gasteiger partial charge on any atom is 0.340 e. The number of benzene rings is 2. The maximum atomic E-state index is 12.4. The van der Waals surface area contributed by atoms with Crippen LogP contribution in [0.4, 0.5) is 5.69 Å². The van der Waals surface area contributed by atoms with Crippen molar-refractivity contribution in [1.29, 1.82) is 0 Å². The highest BCUT2D eigenvalue weighted by Gasteiger charge is 2.17. The van der Waals surface area contributed by atoms with E-state index < -0.39 is 5.97 Å². The number of carbonyl (C=O) groups excluding carboxylic acids is 3. The monoisotopic (exact) mass is 368 g/mol. The Kier molecular flexibility index (Phi) is 7.11. The Labute approximate surface area is 158 Å². The number of rotatable bonds is 7. The number of anilines is 1. The Morgan fingerprint density at radius 1 is 1.07 bits per heavy atom. The molecule has 27 heavy (non-hydrogen) atoms. The van der Waals surface area contributed by atoms with E-state index in [1.165, 1.54) is 0 Å². The largest absolute Gasteiger partial charge is 0.452 e. The zero-order chi connectivity index (χ0) is 19.8. The van der Waals surface area contributed by atoms with Gasteiger partial charge in [-0.05, 0) is 44.5 Å². The van der Waals surface area contributed by atoms with Gasteiger partial charge in [0.25, 0.3) is 11.8 Å². The van der Waals surface area contributed by atoms with Crippen LogP contribution in [0.25, 0.3) is 0 Å². The second-order valence-corrected chi connectivity index (χ2v) is 6.32. The lowest BCUT2D eigenvalue weighted by Gasteiger charge is -2.13. The number of hydrogen-bond acceptors (Lipinski definition) is 4. The van der Waals surface area contributed by atoms with Gasteiger partial charge >= 0.3 is 5.97 Å². The van der Waals surface area contributed by atoms with E-state index in [2.05, 4.69) is 10.6 Å². The number of amides is 2. The Bertz CT molecular complexity index is 832. The Balaban J connectivity index is 2.05. The molecular formula is C21H24N2O4. The van der Waals surface area contributed by atoms with Gasteiger partial charge in [0.05, 0.1) is 11.3 Å². The number of aryl methyl sites for hydroxylation is 1. The average Bonchev–Trinajstić information content (AvgIpc) is 2.66. The number of hydrogen-bond donors (Lipinski definition) is 2. The molecule has 1 atom stereocenters. The molecule has 6 heteroatoms. The molecule has 0 saturated carbocycles. The predicted octanol–water partition coefficient (Wildman–Crippen LogP) is 3.32. The zero-order valence-corrected chi connectivity index (χ0v) is 15.7. The third kappa shape index (κ3) is 5.95. The summed E-state index contributed by atoms with van der Waals surface area (Å²) in [7, 11) is 0. The summed E-state index contributed by atoms with van der Waals surface area (Å²) in [6, 6.07) is 13.7. The molecule has 0 radical (unpaired) electrons. The Hall–Kier alpha value is -3.15. The highest BCUT2D eigenvalue weighted by atomic mass is 16.5. The van der Waals surface area contributed by atoms with Crippen LogP contribution in [-0.2, 0) is 9.53 Å². The van der Waals surface area contributed by atoms with Gasteiger partial charge in [-0.2, -0.15) is 0 Å². The SMILES string of the molecule is CC[C@@H](C)NC(=O)COC(=O)c1ccccc1NC(=O)c1cccc(C)c1. The molecule has 2 rings (SSSR count). The van der Waals surface area contributed by atoms with Gasteiger partial charge in [0.1, 0.15) is 0 Å². The smallest absolute Gasteiger partial charge is 0.340 e. The van der Waals surface area contributed by atoms with E-state index in [0.29, 0.717) is 11.3 Å². The summed E-state index contributed by atoms with van der Waals surface area (Å²) in [5, 5.41) is 5.45. The molecular weight excluding hydrogens is 344 g/mol. The zero-order valence-electron chi connectivity index (χ0n) is 15.7. The summed E-state index contributed by atoms with van der Waals surface area (Å²) in [4.78, 5) is 36.5. The quantitative estimate of drug-likeness (QED) is 0.734. The van der Waals surface area contributed by atoms with Crippen LogP contribution < -0.4 is 10.6 Å². The number of esters is 1. The van der Waals surface area contributed by atoms with Crippen molar-refractivity contribution in [3.8, 4) is 0 Å². The van der Waals surface area contributed by atoms with E-state index >= 15 is 0 Å². The van der Waals surface area contributed by atoms with Crippen molar-refractivity contribution < 1.29 is 19.1 Å². The lowest BCUT2D eigenvalue weighted by molar-refractivity contribution is -0.124. The molecule has 0 aromatic heterocycles. The second-order valence-electron chi connectivity index (χ2n) is 6.32. The van der Waals surface area contributed by atoms with Crippen LogP contribution in [0.1, 0.15) is 46.5 Å². The highest BCUT2D eigenvalue weighted by Crippen LogP contribution is 2.18. The molecule has 0 saturated heterocycles. The molecule has 142 valence electrons. The van der Waals surface area contributed by atoms with Crippen LogP contribution in [-0.4, -0.2) is 30.4 Å². The van der Waals surface area contributed by atoms with Gasteiger partial charge in [0.15, 0.2) is 6.61 Å². The number of nitrogens with one attached hydrogen (secondary N) is 2. The first-order valence-corrected chi connectivity index (χ1v) is 8.84. The van der Waals surface area contributed by atoms with E-state index in [1.54, 1.807) is 42.5 Å². The van der Waals surface area contributed by atoms with Gasteiger partial charge < -0.3 is 15.4 Å². The predicted molar refractivity (Wildman–Crippen MR) is 104 cm³/mol. The van der Waals surface area contributed by atoms with Crippen molar-refractivity contribution in [2.45, 2.75) is 33.2 Å². The van der Waals surface area contributed by atoms with Crippen LogP contribution in [0.3, 0.4) is 0 Å². The van der Waals surface area contributed by atoms with Gasteiger partial charge in [-0.25, -0.2) is 4.79 Å². The molecule has 0 aliphatic heterocycles. The summed E-state index contributed by atoms with van der Waals surface area (Å²) in [6.45, 7) is 5.34. The molecule has 0 bridgehead atoms. The van der Waals surface area contributed by atoms with Crippen molar-refractivity contribution in [3.05, 3.63) is 65.2 Å². The van der Waals surface area contributed by atoms with Crippen molar-refractivity contribution in [2.75, 3.05) is 11.9 Å². The first kappa shape index (κ1) is 20.2. The Morgan fingerprint density at radius 3 is 2.52 bits per heavy atom. The van der Waals surface area contributed by atoms with Crippen LogP contribution in [0.2, 0.25) is 0 Å². The van der Waals surface area contributed by atoms with Crippen LogP contribution in [0.5, 0.6) is 0 Å². The maximum absolute atomic E-state index is 12.4. The second kappa shape index (κ2) is 9.52. The molecule has 0 aliphatic carbocycles. The van der Waals surface area contributed by atoms with Crippen LogP contribution >= 0.6 is 0 Å². The lowest BCUT2D eigenvalue weighted by atomic mass is 10.1. The van der Waals surface area contributed by atoms with Crippen molar-refractivity contribution in [1.82, 2.24) is 5.32 Å². The fourth-order valence-electron chi connectivity index (χ4n) is 2.38. The molecule has 2 aromatic rings. The number of carbonyl (C=O) groups is 3. The number of ether oxygens (including phenoxy) is 1. The first-order valence-electron chi connectivity index (χ1n) is 8.84. The minimum absolute atomic E-state index is 0.0112. The van der Waals surface area contributed by atoms with Crippen molar-refractivity contribution >= 4 is 23.5 Å². The topological polar surface area (TPSA) is 84.5 Å². The highest BCUT2D eigenvalue weighted by molar-refractivity contribution is 6.08. The van der Waals surface area contributed by atoms with E-state index in [-0.39, 0.29) is 30.0 Å². The van der Waals surface area contributed by atoms with Gasteiger partial charge in [0.2, 0.25) is 0 Å². The van der Waals surface area contributed by atoms with Crippen LogP contribution in [0.15, 0.2) is 48.5 Å². The van der Waals surface area contributed by atoms with Gasteiger partial charge in [-0.1, -0.05) is 36.8 Å². The molecule has 0 aliphatic rings. The average molecular weight is 368 g/mol. The molecule has 2 N–H and O–H groups in total. The molecule has 0 fully saturated rings. The first-order chi connectivity index (χ1) is 12.9. The fraction of sp³-hybridized carbons (Fsp3) is 0.286. The molecule has 0 spiro atoms. The Morgan fingerprint density at radius 2 is 1.81 bits per heavy atom. The summed E-state index contributed by atoms with van der Waals surface area (Å²) in [5.41, 5.74) is 1.97. The van der Waals surface area contributed by atoms with Gasteiger partial charge in [-0.15, -0.1) is 0 Å². The number of para-hydroxylation sites is 1. The van der Waals surface area contributed by atoms with E-state index in [1.807, 2.05) is 26.8 Å². The molecule has 2 aromatic carbocycles. The third-order valence-corrected chi connectivity index (χ3v) is 4.03. The third-order valence-electron chi connectivity index (χ3n) is 4.03. The van der Waals surface area contributed by atoms with Crippen LogP contribution in [0, 0.1) is 6.92 Å². The van der Waals surface area contributed by atoms with E-state index in [9.17, 15) is 14.4 Å². The molecule has 0 heterocycles. The van der Waals surface area contributed by atoms with Crippen molar-refractivity contribution in [3.63, 3.8) is 0 Å². The minimum Gasteiger partial charge on any atom is -0.452 e. The molecule has 0 unspecified atom stereocenters. The van der Waals surface area contributed by atoms with Gasteiger partial charge in [-0.3, -0.25) is 9.59 Å². The van der Waals surface area contributed by atoms with Gasteiger partial charge in [0, 0.05) is 11.6 Å².